The van der Waals surface area contributed by atoms with Gasteiger partial charge in [0.25, 0.3) is 0 Å². The van der Waals surface area contributed by atoms with Gasteiger partial charge in [0.1, 0.15) is 23.9 Å². The number of hydrogen-bond acceptors (Lipinski definition) is 8. The first-order chi connectivity index (χ1) is 18.4. The van der Waals surface area contributed by atoms with Gasteiger partial charge in [0.15, 0.2) is 14.0 Å². The molecule has 0 bridgehead atoms. The molecule has 4 rings (SSSR count). The number of esters is 1. The Kier molecular flexibility index (Phi) is 8.39. The highest BCUT2D eigenvalue weighted by atomic mass is 31.2. The second-order valence-corrected chi connectivity index (χ2v) is 16.3. The average Bonchev–Trinajstić information content (AvgIpc) is 3.10. The highest BCUT2D eigenvalue weighted by Gasteiger charge is 2.62. The van der Waals surface area contributed by atoms with E-state index in [9.17, 15) is 14.2 Å². The van der Waals surface area contributed by atoms with Crippen LogP contribution in [0.15, 0.2) is 84.8 Å². The molecule has 2 aromatic rings. The van der Waals surface area contributed by atoms with Crippen LogP contribution in [0.3, 0.4) is 0 Å². The largest absolute Gasteiger partial charge is 0.646 e. The van der Waals surface area contributed by atoms with Gasteiger partial charge in [-0.3, -0.25) is 9.69 Å². The summed E-state index contributed by atoms with van der Waals surface area (Å²) in [6, 6.07) is 16.4. The molecule has 39 heavy (non-hydrogen) atoms. The van der Waals surface area contributed by atoms with Crippen molar-refractivity contribution in [2.24, 2.45) is 11.8 Å². The molecule has 2 aliphatic heterocycles. The lowest BCUT2D eigenvalue weighted by atomic mass is 9.79. The number of β-lactam (4-membered cyclic amide) rings is 1. The maximum absolute atomic E-state index is 14.2. The van der Waals surface area contributed by atoms with Crippen LogP contribution < -0.4 is 9.05 Å². The molecule has 4 atom stereocenters. The first kappa shape index (κ1) is 28.7. The van der Waals surface area contributed by atoms with Gasteiger partial charge < -0.3 is 22.7 Å². The summed E-state index contributed by atoms with van der Waals surface area (Å²) in [4.78, 5) is 28.0. The Morgan fingerprint density at radius 1 is 1.03 bits per heavy atom. The van der Waals surface area contributed by atoms with Crippen molar-refractivity contribution < 1.29 is 36.9 Å². The first-order valence-corrected chi connectivity index (χ1v) is 17.6. The topological polar surface area (TPSA) is 101 Å². The quantitative estimate of drug-likeness (QED) is 0.102. The Morgan fingerprint density at radius 2 is 1.56 bits per heavy atom. The summed E-state index contributed by atoms with van der Waals surface area (Å²) in [5.41, 5.74) is -0.121. The lowest BCUT2D eigenvalue weighted by Gasteiger charge is -2.48. The number of benzene rings is 2. The van der Waals surface area contributed by atoms with E-state index in [1.807, 2.05) is 26.6 Å². The number of phosphoric acid groups is 1. The molecule has 1 saturated heterocycles. The van der Waals surface area contributed by atoms with Gasteiger partial charge in [0.05, 0.1) is 18.1 Å². The third-order valence-electron chi connectivity index (χ3n) is 6.29. The molecule has 0 spiro atoms. The summed E-state index contributed by atoms with van der Waals surface area (Å²) in [5.74, 6) is -1.64. The number of carbonyl (C=O) groups excluding carboxylic acids is 2. The summed E-state index contributed by atoms with van der Waals surface area (Å²) < 4.78 is 43.2. The van der Waals surface area contributed by atoms with Crippen molar-refractivity contribution in [1.82, 2.24) is 4.90 Å². The maximum Gasteiger partial charge on any atom is 0.646 e. The third-order valence-corrected chi connectivity index (χ3v) is 8.66. The minimum Gasteiger partial charge on any atom is -0.457 e. The van der Waals surface area contributed by atoms with Crippen molar-refractivity contribution in [3.63, 3.8) is 0 Å². The molecule has 2 aromatic carbocycles. The number of phosphoric ester groups is 1. The Bertz CT molecular complexity index is 1250. The number of carbonyl (C=O) groups is 2. The van der Waals surface area contributed by atoms with Gasteiger partial charge in [0, 0.05) is 5.92 Å². The van der Waals surface area contributed by atoms with Crippen molar-refractivity contribution in [2.45, 2.75) is 45.6 Å². The summed E-state index contributed by atoms with van der Waals surface area (Å²) in [6.07, 6.45) is 1.03. The van der Waals surface area contributed by atoms with Crippen LogP contribution >= 0.6 is 7.82 Å². The van der Waals surface area contributed by atoms with Crippen LogP contribution in [-0.2, 0) is 27.8 Å². The third kappa shape index (κ3) is 6.29. The average molecular weight is 572 g/mol. The summed E-state index contributed by atoms with van der Waals surface area (Å²) in [7, 11) is -6.38. The fraction of sp³-hybridized carbons (Fsp3) is 0.357. The fourth-order valence-corrected chi connectivity index (χ4v) is 7.48. The van der Waals surface area contributed by atoms with E-state index in [4.69, 9.17) is 22.7 Å². The number of amides is 1. The van der Waals surface area contributed by atoms with Crippen LogP contribution in [0.1, 0.15) is 13.8 Å². The number of nitrogens with zero attached hydrogens (tertiary/aromatic N) is 1. The summed E-state index contributed by atoms with van der Waals surface area (Å²) in [5, 5.41) is 0. The van der Waals surface area contributed by atoms with E-state index in [0.717, 1.165) is 0 Å². The molecule has 0 radical (unpaired) electrons. The first-order valence-electron chi connectivity index (χ1n) is 12.8. The Balaban J connectivity index is 1.72. The van der Waals surface area contributed by atoms with E-state index < -0.39 is 40.0 Å². The number of hydrogen-bond donors (Lipinski definition) is 0. The minimum atomic E-state index is -4.42. The molecule has 1 amide bonds. The van der Waals surface area contributed by atoms with Gasteiger partial charge in [-0.05, 0) is 50.8 Å². The molecule has 2 heterocycles. The second kappa shape index (κ2) is 11.4. The van der Waals surface area contributed by atoms with E-state index >= 15 is 0 Å². The van der Waals surface area contributed by atoms with Gasteiger partial charge in [-0.25, -0.2) is 4.79 Å². The summed E-state index contributed by atoms with van der Waals surface area (Å²) >= 11 is 0. The van der Waals surface area contributed by atoms with Crippen LogP contribution in [0, 0.1) is 11.8 Å². The molecule has 11 heteroatoms. The van der Waals surface area contributed by atoms with Crippen molar-refractivity contribution in [2.75, 3.05) is 6.61 Å². The van der Waals surface area contributed by atoms with Crippen molar-refractivity contribution in [1.29, 1.82) is 0 Å². The molecule has 0 unspecified atom stereocenters. The van der Waals surface area contributed by atoms with Crippen LogP contribution in [0.4, 0.5) is 0 Å². The molecular formula is C28H34NO8PSi. The molecular weight excluding hydrogens is 537 g/mol. The number of rotatable bonds is 12. The van der Waals surface area contributed by atoms with E-state index in [2.05, 4.69) is 6.58 Å². The zero-order chi connectivity index (χ0) is 28.4. The summed E-state index contributed by atoms with van der Waals surface area (Å²) in [6.45, 7) is 13.3. The molecule has 0 saturated carbocycles. The second-order valence-electron chi connectivity index (χ2n) is 10.4. The predicted octanol–water partition coefficient (Wildman–Crippen LogP) is 5.93. The van der Waals surface area contributed by atoms with Gasteiger partial charge in [-0.1, -0.05) is 56.0 Å². The molecule has 9 nitrogen and oxygen atoms in total. The molecule has 1 fully saturated rings. The van der Waals surface area contributed by atoms with Crippen molar-refractivity contribution in [3.8, 4) is 11.5 Å². The highest BCUT2D eigenvalue weighted by Crippen LogP contribution is 2.57. The molecule has 0 aromatic heterocycles. The molecule has 2 aliphatic rings. The van der Waals surface area contributed by atoms with Gasteiger partial charge in [-0.2, -0.15) is 4.57 Å². The normalized spacial score (nSPS) is 21.5. The van der Waals surface area contributed by atoms with Crippen LogP contribution in [0.2, 0.25) is 19.6 Å². The maximum atomic E-state index is 14.2. The minimum absolute atomic E-state index is 0.000288. The lowest BCUT2D eigenvalue weighted by Crippen LogP contribution is -2.64. The molecule has 0 N–H and O–H groups in total. The van der Waals surface area contributed by atoms with E-state index in [-0.39, 0.29) is 41.6 Å². The zero-order valence-corrected chi connectivity index (χ0v) is 24.6. The number of para-hydroxylation sites is 2. The Morgan fingerprint density at radius 3 is 2.05 bits per heavy atom. The monoisotopic (exact) mass is 571 g/mol. The van der Waals surface area contributed by atoms with Gasteiger partial charge in [-0.15, -0.1) is 0 Å². The number of ether oxygens (including phenoxy) is 1. The molecule has 208 valence electrons. The van der Waals surface area contributed by atoms with Crippen LogP contribution in [-0.4, -0.2) is 43.8 Å². The smallest absolute Gasteiger partial charge is 0.457 e. The van der Waals surface area contributed by atoms with Gasteiger partial charge in [0.2, 0.25) is 5.91 Å². The Hall–Kier alpha value is -3.33. The van der Waals surface area contributed by atoms with Crippen LogP contribution in [0.25, 0.3) is 0 Å². The Labute approximate surface area is 230 Å². The molecule has 0 aliphatic carbocycles. The van der Waals surface area contributed by atoms with E-state index in [0.29, 0.717) is 0 Å². The van der Waals surface area contributed by atoms with E-state index in [1.54, 1.807) is 67.6 Å². The lowest BCUT2D eigenvalue weighted by molar-refractivity contribution is -0.163. The van der Waals surface area contributed by atoms with E-state index in [1.165, 1.54) is 11.0 Å². The highest BCUT2D eigenvalue weighted by molar-refractivity contribution is 7.49. The van der Waals surface area contributed by atoms with Gasteiger partial charge >= 0.3 is 13.8 Å². The fourth-order valence-electron chi connectivity index (χ4n) is 4.85. The van der Waals surface area contributed by atoms with Crippen molar-refractivity contribution >= 4 is 28.0 Å². The SMILES string of the molecule is C=CCOC(=O)C1=C(OP(=O)(Oc2ccccc2)Oc2ccccc2)[C@H](C)[C@@H]2[C@@H]([C@@H](C)O[Si](C)(C)C)C(=O)N12. The standard InChI is InChI=1S/C28H34NO8PSi/c1-7-18-33-28(31)25-26(19(2)24-23(27(30)29(24)25)20(3)37-39(4,5)6)36-38(32,34-21-14-10-8-11-15-21)35-22-16-12-9-13-17-22/h7-17,19-20,23-24H,1,18H2,2-6H3/t19-,20-,23-,24-/m1/s1. The van der Waals surface area contributed by atoms with Crippen LogP contribution in [0.5, 0.6) is 11.5 Å². The van der Waals surface area contributed by atoms with Crippen molar-refractivity contribution in [3.05, 3.63) is 84.8 Å². The number of fused-ring (bicyclic) bond motifs is 1. The zero-order valence-electron chi connectivity index (χ0n) is 22.7. The predicted molar refractivity (Wildman–Crippen MR) is 148 cm³/mol.